The maximum Gasteiger partial charge on any atom is 0.226 e. The smallest absolute Gasteiger partial charge is 0.226 e. The molecule has 0 aliphatic carbocycles. The number of piperidine rings is 1. The first-order valence-electron chi connectivity index (χ1n) is 6.78. The van der Waals surface area contributed by atoms with Gasteiger partial charge in [0.15, 0.2) is 0 Å². The number of hydrogen-bond donors (Lipinski definition) is 2. The Hall–Kier alpha value is -1.29. The van der Waals surface area contributed by atoms with E-state index in [0.29, 0.717) is 6.54 Å². The topological polar surface area (TPSA) is 54.3 Å². The monoisotopic (exact) mass is 250 g/mol. The van der Waals surface area contributed by atoms with Crippen molar-refractivity contribution >= 4 is 5.91 Å². The van der Waals surface area contributed by atoms with E-state index in [1.54, 1.807) is 6.26 Å². The van der Waals surface area contributed by atoms with Crippen LogP contribution in [0, 0.1) is 5.41 Å². The Bertz CT molecular complexity index is 367. The molecule has 0 aromatic carbocycles. The molecule has 1 aromatic heterocycles. The van der Waals surface area contributed by atoms with Gasteiger partial charge >= 0.3 is 0 Å². The highest BCUT2D eigenvalue weighted by molar-refractivity contribution is 5.82. The molecular weight excluding hydrogens is 228 g/mol. The molecule has 18 heavy (non-hydrogen) atoms. The van der Waals surface area contributed by atoms with Crippen molar-refractivity contribution in [2.24, 2.45) is 5.41 Å². The van der Waals surface area contributed by atoms with Gasteiger partial charge in [0.05, 0.1) is 11.7 Å². The summed E-state index contributed by atoms with van der Waals surface area (Å²) >= 11 is 0. The van der Waals surface area contributed by atoms with E-state index in [2.05, 4.69) is 17.6 Å². The highest BCUT2D eigenvalue weighted by Crippen LogP contribution is 2.32. The fourth-order valence-corrected chi connectivity index (χ4v) is 2.59. The Morgan fingerprint density at radius 3 is 2.89 bits per heavy atom. The van der Waals surface area contributed by atoms with Gasteiger partial charge in [-0.1, -0.05) is 6.92 Å². The van der Waals surface area contributed by atoms with Crippen molar-refractivity contribution in [3.63, 3.8) is 0 Å². The van der Waals surface area contributed by atoms with Crippen LogP contribution >= 0.6 is 0 Å². The first-order chi connectivity index (χ1) is 8.77. The van der Waals surface area contributed by atoms with Crippen molar-refractivity contribution < 1.29 is 9.21 Å². The van der Waals surface area contributed by atoms with Gasteiger partial charge in [0.25, 0.3) is 0 Å². The van der Waals surface area contributed by atoms with Crippen molar-refractivity contribution in [1.29, 1.82) is 0 Å². The van der Waals surface area contributed by atoms with Crippen LogP contribution in [0.4, 0.5) is 0 Å². The van der Waals surface area contributed by atoms with Crippen molar-refractivity contribution in [2.75, 3.05) is 19.6 Å². The molecule has 2 rings (SSSR count). The molecule has 0 bridgehead atoms. The normalized spacial score (nSPS) is 18.5. The summed E-state index contributed by atoms with van der Waals surface area (Å²) in [4.78, 5) is 12.3. The Kier molecular flexibility index (Phi) is 4.42. The van der Waals surface area contributed by atoms with Crippen LogP contribution in [0.2, 0.25) is 0 Å². The zero-order valence-electron chi connectivity index (χ0n) is 11.0. The van der Waals surface area contributed by atoms with Gasteiger partial charge in [-0.15, -0.1) is 0 Å². The first kappa shape index (κ1) is 13.1. The second kappa shape index (κ2) is 6.05. The summed E-state index contributed by atoms with van der Waals surface area (Å²) in [5.41, 5.74) is -0.158. The van der Waals surface area contributed by atoms with E-state index in [9.17, 15) is 4.79 Å². The molecule has 0 saturated carbocycles. The molecule has 1 aromatic rings. The van der Waals surface area contributed by atoms with E-state index < -0.39 is 0 Å². The predicted molar refractivity (Wildman–Crippen MR) is 70.2 cm³/mol. The van der Waals surface area contributed by atoms with Gasteiger partial charge in [-0.2, -0.15) is 0 Å². The second-order valence-corrected chi connectivity index (χ2v) is 4.97. The second-order valence-electron chi connectivity index (χ2n) is 4.97. The molecule has 0 spiro atoms. The highest BCUT2D eigenvalue weighted by Gasteiger charge is 2.37. The van der Waals surface area contributed by atoms with Gasteiger partial charge in [0.1, 0.15) is 5.76 Å². The van der Waals surface area contributed by atoms with Gasteiger partial charge in [-0.05, 0) is 44.5 Å². The van der Waals surface area contributed by atoms with Gasteiger partial charge in [0, 0.05) is 13.0 Å². The first-order valence-corrected chi connectivity index (χ1v) is 6.78. The fourth-order valence-electron chi connectivity index (χ4n) is 2.59. The average Bonchev–Trinajstić information content (AvgIpc) is 2.92. The minimum absolute atomic E-state index is 0.158. The van der Waals surface area contributed by atoms with Crippen LogP contribution in [0.5, 0.6) is 0 Å². The van der Waals surface area contributed by atoms with Crippen molar-refractivity contribution in [2.45, 2.75) is 32.6 Å². The average molecular weight is 250 g/mol. The lowest BCUT2D eigenvalue weighted by Gasteiger charge is -2.35. The zero-order valence-corrected chi connectivity index (χ0v) is 11.0. The molecule has 4 heteroatoms. The number of hydrogen-bond acceptors (Lipinski definition) is 3. The van der Waals surface area contributed by atoms with E-state index in [0.717, 1.165) is 44.5 Å². The van der Waals surface area contributed by atoms with E-state index in [4.69, 9.17) is 4.42 Å². The Morgan fingerprint density at radius 2 is 2.28 bits per heavy atom. The zero-order chi connectivity index (χ0) is 12.8. The molecule has 0 atom stereocenters. The molecule has 1 saturated heterocycles. The lowest BCUT2D eigenvalue weighted by atomic mass is 9.76. The Morgan fingerprint density at radius 1 is 1.50 bits per heavy atom. The molecule has 0 radical (unpaired) electrons. The van der Waals surface area contributed by atoms with Crippen LogP contribution in [0.1, 0.15) is 31.9 Å². The van der Waals surface area contributed by atoms with E-state index in [1.165, 1.54) is 0 Å². The third-order valence-corrected chi connectivity index (χ3v) is 3.96. The van der Waals surface area contributed by atoms with Crippen LogP contribution < -0.4 is 10.6 Å². The largest absolute Gasteiger partial charge is 0.469 e. The number of carbonyl (C=O) groups excluding carboxylic acids is 1. The quantitative estimate of drug-likeness (QED) is 0.836. The maximum atomic E-state index is 12.3. The van der Waals surface area contributed by atoms with Crippen LogP contribution in [0.25, 0.3) is 0 Å². The van der Waals surface area contributed by atoms with Crippen LogP contribution in [-0.4, -0.2) is 25.5 Å². The summed E-state index contributed by atoms with van der Waals surface area (Å²) in [6, 6.07) is 3.81. The number of carbonyl (C=O) groups is 1. The van der Waals surface area contributed by atoms with Crippen molar-refractivity contribution in [3.8, 4) is 0 Å². The van der Waals surface area contributed by atoms with E-state index in [1.807, 2.05) is 12.1 Å². The van der Waals surface area contributed by atoms with Crippen LogP contribution in [0.15, 0.2) is 22.8 Å². The summed E-state index contributed by atoms with van der Waals surface area (Å²) in [6.45, 7) is 4.65. The Balaban J connectivity index is 1.82. The molecule has 1 fully saturated rings. The number of furan rings is 1. The lowest BCUT2D eigenvalue weighted by Crippen LogP contribution is -2.47. The highest BCUT2D eigenvalue weighted by atomic mass is 16.3. The summed E-state index contributed by atoms with van der Waals surface area (Å²) in [5.74, 6) is 1.13. The lowest BCUT2D eigenvalue weighted by molar-refractivity contribution is -0.132. The predicted octanol–water partition coefficient (Wildman–Crippen LogP) is 1.72. The molecule has 0 unspecified atom stereocenters. The molecule has 1 amide bonds. The van der Waals surface area contributed by atoms with Gasteiger partial charge in [0.2, 0.25) is 5.91 Å². The molecule has 100 valence electrons. The van der Waals surface area contributed by atoms with Crippen molar-refractivity contribution in [3.05, 3.63) is 24.2 Å². The van der Waals surface area contributed by atoms with Crippen LogP contribution in [-0.2, 0) is 11.2 Å². The molecule has 1 aliphatic heterocycles. The summed E-state index contributed by atoms with van der Waals surface area (Å²) < 4.78 is 5.25. The van der Waals surface area contributed by atoms with Crippen LogP contribution in [0.3, 0.4) is 0 Å². The van der Waals surface area contributed by atoms with Gasteiger partial charge in [-0.3, -0.25) is 4.79 Å². The summed E-state index contributed by atoms with van der Waals surface area (Å²) in [6.07, 6.45) is 5.22. The molecule has 1 aliphatic rings. The summed E-state index contributed by atoms with van der Waals surface area (Å²) in [5, 5.41) is 6.37. The molecule has 4 nitrogen and oxygen atoms in total. The fraction of sp³-hybridized carbons (Fsp3) is 0.643. The SMILES string of the molecule is CCC1(C(=O)NCCc2ccco2)CCNCC1. The van der Waals surface area contributed by atoms with Gasteiger partial charge < -0.3 is 15.1 Å². The minimum Gasteiger partial charge on any atom is -0.469 e. The third kappa shape index (κ3) is 2.93. The number of rotatable bonds is 5. The number of nitrogens with one attached hydrogen (secondary N) is 2. The molecule has 2 heterocycles. The van der Waals surface area contributed by atoms with E-state index in [-0.39, 0.29) is 11.3 Å². The van der Waals surface area contributed by atoms with E-state index >= 15 is 0 Å². The minimum atomic E-state index is -0.158. The Labute approximate surface area is 108 Å². The maximum absolute atomic E-state index is 12.3. The standard InChI is InChI=1S/C14H22N2O2/c1-2-14(6-9-15-10-7-14)13(17)16-8-5-12-4-3-11-18-12/h3-4,11,15H,2,5-10H2,1H3,(H,16,17). The number of amides is 1. The summed E-state index contributed by atoms with van der Waals surface area (Å²) in [7, 11) is 0. The molecule has 2 N–H and O–H groups in total. The third-order valence-electron chi connectivity index (χ3n) is 3.96. The van der Waals surface area contributed by atoms with Crippen molar-refractivity contribution in [1.82, 2.24) is 10.6 Å². The molecular formula is C14H22N2O2. The van der Waals surface area contributed by atoms with Gasteiger partial charge in [-0.25, -0.2) is 0 Å².